The number of aliphatic hydroxyl groups is 1. The van der Waals surface area contributed by atoms with Crippen molar-refractivity contribution >= 4 is 13.7 Å². The van der Waals surface area contributed by atoms with Crippen LogP contribution >= 0.6 is 7.82 Å². The van der Waals surface area contributed by atoms with Crippen LogP contribution in [0.2, 0.25) is 0 Å². The number of quaternary nitrogens is 1. The first-order valence-corrected chi connectivity index (χ1v) is 33.7. The maximum Gasteiger partial charge on any atom is 0.472 e. The van der Waals surface area contributed by atoms with Crippen molar-refractivity contribution in [2.75, 3.05) is 40.9 Å². The first-order valence-electron chi connectivity index (χ1n) is 32.2. The van der Waals surface area contributed by atoms with E-state index < -0.39 is 20.0 Å². The fourth-order valence-electron chi connectivity index (χ4n) is 9.90. The summed E-state index contributed by atoms with van der Waals surface area (Å²) in [5.41, 5.74) is 0. The van der Waals surface area contributed by atoms with Gasteiger partial charge in [-0.25, -0.2) is 4.57 Å². The largest absolute Gasteiger partial charge is 0.472 e. The molecule has 0 aliphatic rings. The van der Waals surface area contributed by atoms with E-state index in [1.807, 2.05) is 21.1 Å². The second kappa shape index (κ2) is 55.7. The van der Waals surface area contributed by atoms with Gasteiger partial charge in [0, 0.05) is 6.42 Å². The van der Waals surface area contributed by atoms with Gasteiger partial charge in [0.15, 0.2) is 0 Å². The minimum Gasteiger partial charge on any atom is -0.391 e. The molecule has 0 bridgehead atoms. The molecule has 0 heterocycles. The first kappa shape index (κ1) is 72.0. The molecule has 0 rings (SSSR count). The second-order valence-electron chi connectivity index (χ2n) is 23.5. The number of hydrogen-bond acceptors (Lipinski definition) is 5. The van der Waals surface area contributed by atoms with Crippen molar-refractivity contribution in [3.05, 3.63) is 24.3 Å². The van der Waals surface area contributed by atoms with Gasteiger partial charge in [0.05, 0.1) is 39.9 Å². The van der Waals surface area contributed by atoms with E-state index in [0.717, 1.165) is 44.9 Å². The number of nitrogens with one attached hydrogen (secondary N) is 1. The average molecular weight is 1050 g/mol. The number of hydrogen-bond donors (Lipinski definition) is 3. The highest BCUT2D eigenvalue weighted by Gasteiger charge is 2.28. The summed E-state index contributed by atoms with van der Waals surface area (Å²) in [7, 11) is 1.63. The van der Waals surface area contributed by atoms with Gasteiger partial charge in [0.25, 0.3) is 0 Å². The van der Waals surface area contributed by atoms with E-state index in [-0.39, 0.29) is 19.1 Å². The molecule has 3 N–H and O–H groups in total. The average Bonchev–Trinajstić information content (AvgIpc) is 3.35. The lowest BCUT2D eigenvalue weighted by atomic mass is 10.0. The Labute approximate surface area is 455 Å². The Bertz CT molecular complexity index is 1240. The van der Waals surface area contributed by atoms with Gasteiger partial charge < -0.3 is 19.8 Å². The van der Waals surface area contributed by atoms with E-state index >= 15 is 0 Å². The van der Waals surface area contributed by atoms with E-state index in [0.29, 0.717) is 23.9 Å². The van der Waals surface area contributed by atoms with E-state index in [2.05, 4.69) is 43.5 Å². The molecule has 0 aliphatic carbocycles. The molecule has 0 aromatic rings. The van der Waals surface area contributed by atoms with Crippen LogP contribution in [0.3, 0.4) is 0 Å². The number of aliphatic hydroxyl groups excluding tert-OH is 1. The Morgan fingerprint density at radius 3 is 1.12 bits per heavy atom. The first-order chi connectivity index (χ1) is 35.5. The quantitative estimate of drug-likeness (QED) is 0.0243. The van der Waals surface area contributed by atoms with Crippen LogP contribution in [-0.4, -0.2) is 73.4 Å². The number of likely N-dealkylation sites (N-methyl/N-ethyl adjacent to an activating group) is 1. The Hall–Kier alpha value is -1.02. The molecule has 9 heteroatoms. The van der Waals surface area contributed by atoms with Crippen LogP contribution < -0.4 is 5.32 Å². The molecular weight excluding hydrogens is 924 g/mol. The summed E-state index contributed by atoms with van der Waals surface area (Å²) in [6.07, 6.45) is 71.1. The molecule has 0 saturated heterocycles. The van der Waals surface area contributed by atoms with Crippen LogP contribution in [0.15, 0.2) is 24.3 Å². The molecule has 0 fully saturated rings. The summed E-state index contributed by atoms with van der Waals surface area (Å²) in [6.45, 7) is 4.92. The molecule has 0 aliphatic heterocycles. The molecule has 1 amide bonds. The highest BCUT2D eigenvalue weighted by atomic mass is 31.2. The topological polar surface area (TPSA) is 105 Å². The Morgan fingerprint density at radius 1 is 0.466 bits per heavy atom. The molecule has 434 valence electrons. The summed E-state index contributed by atoms with van der Waals surface area (Å²) in [4.78, 5) is 23.4. The van der Waals surface area contributed by atoms with Crippen LogP contribution in [0, 0.1) is 0 Å². The van der Waals surface area contributed by atoms with Gasteiger partial charge >= 0.3 is 7.82 Å². The number of amides is 1. The van der Waals surface area contributed by atoms with Crippen molar-refractivity contribution in [1.29, 1.82) is 0 Å². The fourth-order valence-corrected chi connectivity index (χ4v) is 10.6. The number of phosphoric ester groups is 1. The number of unbranched alkanes of at least 4 members (excludes halogenated alkanes) is 43. The Morgan fingerprint density at radius 2 is 0.781 bits per heavy atom. The third-order valence-corrected chi connectivity index (χ3v) is 15.9. The third kappa shape index (κ3) is 58.5. The summed E-state index contributed by atoms with van der Waals surface area (Å²) in [5.74, 6) is -0.144. The monoisotopic (exact) mass is 1050 g/mol. The smallest absolute Gasteiger partial charge is 0.391 e. The summed E-state index contributed by atoms with van der Waals surface area (Å²) >= 11 is 0. The van der Waals surface area contributed by atoms with Crippen molar-refractivity contribution < 1.29 is 32.9 Å². The summed E-state index contributed by atoms with van der Waals surface area (Å²) in [6, 6.07) is -0.763. The normalized spacial score (nSPS) is 13.9. The standard InChI is InChI=1S/C64H127N2O6P/c1-6-8-10-12-14-16-18-20-22-24-26-28-29-30-31-32-33-34-35-36-38-39-41-43-45-47-49-51-53-55-57-63(67)62(61-72-73(69,70)71-60-59-66(3,4)5)65-64(68)58-56-54-52-50-48-46-44-42-40-37-27-25-23-21-19-17-15-13-11-9-7-2/h19,21,25,27,62-63,67H,6-18,20,22-24,26,28-61H2,1-5H3,(H-,65,68,69,70)/p+1/b21-19-,27-25-. The van der Waals surface area contributed by atoms with Gasteiger partial charge in [-0.1, -0.05) is 301 Å². The van der Waals surface area contributed by atoms with Crippen LogP contribution in [0.4, 0.5) is 0 Å². The molecule has 0 saturated carbocycles. The zero-order valence-electron chi connectivity index (χ0n) is 49.7. The highest BCUT2D eigenvalue weighted by Crippen LogP contribution is 2.43. The van der Waals surface area contributed by atoms with Gasteiger partial charge in [-0.15, -0.1) is 0 Å². The van der Waals surface area contributed by atoms with Gasteiger partial charge in [0.1, 0.15) is 13.2 Å². The SMILES string of the molecule is CCCCCCC/C=C\C/C=C\CCCCCCCCCCCC(=O)NC(COP(=O)(O)OCC[N+](C)(C)C)C(O)CCCCCCCCCCCCCCCCCCCCCCCCCCCCCCCC. The van der Waals surface area contributed by atoms with Crippen LogP contribution in [-0.2, 0) is 18.4 Å². The number of carbonyl (C=O) groups excluding carboxylic acids is 1. The summed E-state index contributed by atoms with van der Waals surface area (Å²) in [5, 5.41) is 14.1. The number of allylic oxidation sites excluding steroid dienone is 4. The molecule has 0 aromatic heterocycles. The van der Waals surface area contributed by atoms with Gasteiger partial charge in [-0.2, -0.15) is 0 Å². The molecule has 3 atom stereocenters. The molecule has 73 heavy (non-hydrogen) atoms. The molecule has 0 spiro atoms. The Balaban J connectivity index is 4.05. The molecular formula is C64H128N2O6P+. The van der Waals surface area contributed by atoms with E-state index in [4.69, 9.17) is 9.05 Å². The number of nitrogens with zero attached hydrogens (tertiary/aromatic N) is 1. The van der Waals surface area contributed by atoms with Crippen molar-refractivity contribution in [3.63, 3.8) is 0 Å². The van der Waals surface area contributed by atoms with Gasteiger partial charge in [-0.05, 0) is 44.9 Å². The second-order valence-corrected chi connectivity index (χ2v) is 25.0. The lowest BCUT2D eigenvalue weighted by Gasteiger charge is -2.26. The fraction of sp³-hybridized carbons (Fsp3) is 0.922. The van der Waals surface area contributed by atoms with Crippen LogP contribution in [0.1, 0.15) is 328 Å². The van der Waals surface area contributed by atoms with E-state index in [1.54, 1.807) is 0 Å². The van der Waals surface area contributed by atoms with Gasteiger partial charge in [-0.3, -0.25) is 13.8 Å². The van der Waals surface area contributed by atoms with Crippen LogP contribution in [0.25, 0.3) is 0 Å². The lowest BCUT2D eigenvalue weighted by molar-refractivity contribution is -0.870. The molecule has 3 unspecified atom stereocenters. The maximum atomic E-state index is 13.0. The van der Waals surface area contributed by atoms with Crippen molar-refractivity contribution in [1.82, 2.24) is 5.32 Å². The van der Waals surface area contributed by atoms with Crippen molar-refractivity contribution in [2.45, 2.75) is 341 Å². The number of rotatable bonds is 60. The predicted octanol–water partition coefficient (Wildman–Crippen LogP) is 19.9. The minimum atomic E-state index is -4.33. The van der Waals surface area contributed by atoms with Gasteiger partial charge in [0.2, 0.25) is 5.91 Å². The van der Waals surface area contributed by atoms with Crippen LogP contribution in [0.5, 0.6) is 0 Å². The molecule has 8 nitrogen and oxygen atoms in total. The maximum absolute atomic E-state index is 13.0. The lowest BCUT2D eigenvalue weighted by Crippen LogP contribution is -2.46. The predicted molar refractivity (Wildman–Crippen MR) is 318 cm³/mol. The third-order valence-electron chi connectivity index (χ3n) is 15.0. The zero-order valence-corrected chi connectivity index (χ0v) is 50.5. The Kier molecular flexibility index (Phi) is 54.9. The highest BCUT2D eigenvalue weighted by molar-refractivity contribution is 7.47. The van der Waals surface area contributed by atoms with E-state index in [9.17, 15) is 19.4 Å². The summed E-state index contributed by atoms with van der Waals surface area (Å²) < 4.78 is 23.8. The molecule has 0 radical (unpaired) electrons. The number of phosphoric acid groups is 1. The van der Waals surface area contributed by atoms with E-state index in [1.165, 1.54) is 257 Å². The zero-order chi connectivity index (χ0) is 53.5. The van der Waals surface area contributed by atoms with Crippen molar-refractivity contribution in [3.8, 4) is 0 Å². The van der Waals surface area contributed by atoms with Crippen molar-refractivity contribution in [2.24, 2.45) is 0 Å². The number of carbonyl (C=O) groups is 1. The minimum absolute atomic E-state index is 0.0752. The molecule has 0 aromatic carbocycles.